The molecule has 0 saturated heterocycles. The molecule has 2 aromatic carbocycles. The van der Waals surface area contributed by atoms with E-state index in [1.807, 2.05) is 0 Å². The molecule has 0 aromatic heterocycles. The molecule has 0 atom stereocenters. The molecular formula is C15H18ClN. The maximum Gasteiger partial charge on any atom is 0.105 e. The molecule has 0 saturated carbocycles. The van der Waals surface area contributed by atoms with Gasteiger partial charge in [-0.15, -0.1) is 0 Å². The summed E-state index contributed by atoms with van der Waals surface area (Å²) in [5, 5.41) is 2.81. The first-order valence-electron chi connectivity index (χ1n) is 5.89. The molecule has 1 aliphatic rings. The van der Waals surface area contributed by atoms with Crippen LogP contribution in [0.4, 0.5) is 0 Å². The molecule has 0 radical (unpaired) electrons. The fraction of sp³-hybridized carbons (Fsp3) is 0.333. The van der Waals surface area contributed by atoms with Gasteiger partial charge in [-0.2, -0.15) is 0 Å². The lowest BCUT2D eigenvalue weighted by atomic mass is 9.97. The van der Waals surface area contributed by atoms with Crippen molar-refractivity contribution < 1.29 is 16.9 Å². The van der Waals surface area contributed by atoms with Crippen molar-refractivity contribution >= 4 is 10.8 Å². The van der Waals surface area contributed by atoms with Gasteiger partial charge in [0.2, 0.25) is 0 Å². The second kappa shape index (κ2) is 4.01. The van der Waals surface area contributed by atoms with Crippen LogP contribution in [-0.2, 0) is 13.1 Å². The minimum atomic E-state index is 0. The zero-order valence-electron chi connectivity index (χ0n) is 10.6. The second-order valence-corrected chi connectivity index (χ2v) is 5.61. The molecule has 90 valence electrons. The van der Waals surface area contributed by atoms with Crippen LogP contribution in [0.5, 0.6) is 0 Å². The van der Waals surface area contributed by atoms with E-state index in [1.54, 1.807) is 11.1 Å². The van der Waals surface area contributed by atoms with Crippen LogP contribution in [0.25, 0.3) is 10.8 Å². The lowest BCUT2D eigenvalue weighted by Gasteiger charge is -2.22. The number of aryl methyl sites for hydroxylation is 1. The molecule has 3 rings (SSSR count). The van der Waals surface area contributed by atoms with E-state index in [0.29, 0.717) is 0 Å². The summed E-state index contributed by atoms with van der Waals surface area (Å²) in [6.07, 6.45) is 0. The monoisotopic (exact) mass is 247 g/mol. The normalized spacial score (nSPS) is 16.6. The number of hydrogen-bond donors (Lipinski definition) is 0. The fourth-order valence-electron chi connectivity index (χ4n) is 2.95. The number of hydrogen-bond acceptors (Lipinski definition) is 0. The Bertz CT molecular complexity index is 572. The van der Waals surface area contributed by atoms with Crippen molar-refractivity contribution in [2.75, 3.05) is 14.1 Å². The van der Waals surface area contributed by atoms with Crippen LogP contribution < -0.4 is 12.4 Å². The Morgan fingerprint density at radius 1 is 1.06 bits per heavy atom. The quantitative estimate of drug-likeness (QED) is 0.586. The molecule has 1 nitrogen and oxygen atoms in total. The third-order valence-corrected chi connectivity index (χ3v) is 3.72. The lowest BCUT2D eigenvalue weighted by Crippen LogP contribution is -3.00. The number of halogens is 1. The second-order valence-electron chi connectivity index (χ2n) is 5.61. The summed E-state index contributed by atoms with van der Waals surface area (Å²) in [6.45, 7) is 4.61. The molecule has 0 aliphatic carbocycles. The number of quaternary nitrogens is 1. The lowest BCUT2D eigenvalue weighted by molar-refractivity contribution is -0.910. The van der Waals surface area contributed by atoms with Gasteiger partial charge < -0.3 is 16.9 Å². The molecule has 0 bridgehead atoms. The number of nitrogens with zero attached hydrogens (tertiary/aromatic N) is 1. The average Bonchev–Trinajstić information content (AvgIpc) is 2.53. The first kappa shape index (κ1) is 12.4. The first-order chi connectivity index (χ1) is 7.57. The van der Waals surface area contributed by atoms with Crippen molar-refractivity contribution in [1.82, 2.24) is 0 Å². The zero-order valence-corrected chi connectivity index (χ0v) is 11.4. The molecule has 2 heteroatoms. The Balaban J connectivity index is 0.00000108. The summed E-state index contributed by atoms with van der Waals surface area (Å²) in [5.74, 6) is 0. The zero-order chi connectivity index (χ0) is 11.3. The van der Waals surface area contributed by atoms with E-state index < -0.39 is 0 Å². The van der Waals surface area contributed by atoms with Gasteiger partial charge in [-0.25, -0.2) is 0 Å². The van der Waals surface area contributed by atoms with E-state index in [-0.39, 0.29) is 12.4 Å². The van der Waals surface area contributed by atoms with E-state index in [0.717, 1.165) is 4.48 Å². The average molecular weight is 248 g/mol. The highest BCUT2D eigenvalue weighted by molar-refractivity contribution is 5.87. The molecule has 0 amide bonds. The van der Waals surface area contributed by atoms with Crippen molar-refractivity contribution in [2.45, 2.75) is 20.0 Å². The van der Waals surface area contributed by atoms with E-state index >= 15 is 0 Å². The van der Waals surface area contributed by atoms with Gasteiger partial charge >= 0.3 is 0 Å². The smallest absolute Gasteiger partial charge is 0.105 e. The molecule has 0 fully saturated rings. The van der Waals surface area contributed by atoms with E-state index in [1.165, 1.54) is 29.4 Å². The first-order valence-corrected chi connectivity index (χ1v) is 5.89. The number of fused-ring (bicyclic) bond motifs is 2. The Morgan fingerprint density at radius 2 is 1.76 bits per heavy atom. The molecule has 0 unspecified atom stereocenters. The molecule has 2 aromatic rings. The molecule has 0 spiro atoms. The summed E-state index contributed by atoms with van der Waals surface area (Å²) >= 11 is 0. The molecule has 0 N–H and O–H groups in total. The van der Waals surface area contributed by atoms with Crippen LogP contribution in [0.3, 0.4) is 0 Å². The van der Waals surface area contributed by atoms with Gasteiger partial charge in [0.25, 0.3) is 0 Å². The summed E-state index contributed by atoms with van der Waals surface area (Å²) in [7, 11) is 4.62. The number of benzene rings is 2. The predicted octanol–water partition coefficient (Wildman–Crippen LogP) is 0.242. The Hall–Kier alpha value is -1.05. The van der Waals surface area contributed by atoms with Gasteiger partial charge in [-0.3, -0.25) is 0 Å². The van der Waals surface area contributed by atoms with Crippen LogP contribution in [0.1, 0.15) is 16.7 Å². The highest BCUT2D eigenvalue weighted by atomic mass is 35.5. The van der Waals surface area contributed by atoms with Crippen LogP contribution in [0.15, 0.2) is 30.3 Å². The highest BCUT2D eigenvalue weighted by Crippen LogP contribution is 2.33. The van der Waals surface area contributed by atoms with Gasteiger partial charge in [0, 0.05) is 11.1 Å². The third kappa shape index (κ3) is 1.94. The van der Waals surface area contributed by atoms with Crippen molar-refractivity contribution in [3.05, 3.63) is 47.0 Å². The highest BCUT2D eigenvalue weighted by Gasteiger charge is 2.29. The van der Waals surface area contributed by atoms with Crippen LogP contribution in [-0.4, -0.2) is 18.6 Å². The summed E-state index contributed by atoms with van der Waals surface area (Å²) in [6, 6.07) is 11.1. The van der Waals surface area contributed by atoms with Crippen molar-refractivity contribution in [3.63, 3.8) is 0 Å². The van der Waals surface area contributed by atoms with E-state index in [9.17, 15) is 0 Å². The number of rotatable bonds is 0. The minimum absolute atomic E-state index is 0. The fourth-order valence-corrected chi connectivity index (χ4v) is 2.95. The van der Waals surface area contributed by atoms with E-state index in [2.05, 4.69) is 51.4 Å². The molecule has 1 heterocycles. The Kier molecular flexibility index (Phi) is 2.92. The molecule has 1 aliphatic heterocycles. The van der Waals surface area contributed by atoms with Crippen LogP contribution in [0, 0.1) is 6.92 Å². The molecule has 17 heavy (non-hydrogen) atoms. The summed E-state index contributed by atoms with van der Waals surface area (Å²) in [5.41, 5.74) is 4.60. The third-order valence-electron chi connectivity index (χ3n) is 3.72. The SMILES string of the molecule is Cc1c2c(cc3ccccc13)C[N+](C)(C)C2.[Cl-]. The summed E-state index contributed by atoms with van der Waals surface area (Å²) in [4.78, 5) is 0. The van der Waals surface area contributed by atoms with Gasteiger partial charge in [-0.1, -0.05) is 24.3 Å². The Morgan fingerprint density at radius 3 is 2.53 bits per heavy atom. The van der Waals surface area contributed by atoms with Crippen LogP contribution >= 0.6 is 0 Å². The largest absolute Gasteiger partial charge is 1.00 e. The van der Waals surface area contributed by atoms with Crippen molar-refractivity contribution in [2.24, 2.45) is 0 Å². The Labute approximate surface area is 109 Å². The van der Waals surface area contributed by atoms with Gasteiger partial charge in [-0.05, 0) is 29.3 Å². The van der Waals surface area contributed by atoms with Crippen molar-refractivity contribution in [3.8, 4) is 0 Å². The van der Waals surface area contributed by atoms with Crippen LogP contribution in [0.2, 0.25) is 0 Å². The summed E-state index contributed by atoms with van der Waals surface area (Å²) < 4.78 is 1.09. The molecular weight excluding hydrogens is 230 g/mol. The maximum absolute atomic E-state index is 2.38. The maximum atomic E-state index is 2.38. The van der Waals surface area contributed by atoms with Gasteiger partial charge in [0.05, 0.1) is 14.1 Å². The van der Waals surface area contributed by atoms with E-state index in [4.69, 9.17) is 0 Å². The van der Waals surface area contributed by atoms with Gasteiger partial charge in [0.1, 0.15) is 13.1 Å². The predicted molar refractivity (Wildman–Crippen MR) is 68.2 cm³/mol. The van der Waals surface area contributed by atoms with Gasteiger partial charge in [0.15, 0.2) is 0 Å². The minimum Gasteiger partial charge on any atom is -1.00 e. The standard InChI is InChI=1S/C15H18N.ClH/c1-11-14-7-5-4-6-12(14)8-13-9-16(2,3)10-15(11)13;/h4-8H,9-10H2,1-3H3;1H/q+1;/p-1. The topological polar surface area (TPSA) is 0 Å². The van der Waals surface area contributed by atoms with Crippen molar-refractivity contribution in [1.29, 1.82) is 0 Å².